The lowest BCUT2D eigenvalue weighted by atomic mass is 9.45. The third kappa shape index (κ3) is 2.03. The molecule has 0 fully saturated rings. The minimum Gasteiger partial charge on any atom is -0.375 e. The van der Waals surface area contributed by atoms with Gasteiger partial charge in [0.2, 0.25) is 0 Å². The molecule has 3 nitrogen and oxygen atoms in total. The largest absolute Gasteiger partial charge is 0.375 e. The van der Waals surface area contributed by atoms with E-state index < -0.39 is 0 Å². The quantitative estimate of drug-likeness (QED) is 0.297. The molecule has 0 unspecified atom stereocenters. The summed E-state index contributed by atoms with van der Waals surface area (Å²) >= 11 is 0. The fraction of sp³-hybridized carbons (Fsp3) is 0. The van der Waals surface area contributed by atoms with Crippen LogP contribution in [0.25, 0.3) is 61.0 Å². The first kappa shape index (κ1) is 17.9. The summed E-state index contributed by atoms with van der Waals surface area (Å²) in [5.74, 6) is 1.00. The van der Waals surface area contributed by atoms with Crippen LogP contribution >= 0.6 is 0 Å². The number of fused-ring (bicyclic) bond motifs is 7. The van der Waals surface area contributed by atoms with Crippen molar-refractivity contribution in [2.75, 3.05) is 0 Å². The number of aromatic nitrogens is 3. The average Bonchev–Trinajstić information content (AvgIpc) is 3.47. The van der Waals surface area contributed by atoms with Crippen molar-refractivity contribution in [2.24, 2.45) is 0 Å². The normalized spacial score (nSPS) is 13.1. The first-order valence-electron chi connectivity index (χ1n) is 12.1. The highest BCUT2D eigenvalue weighted by Gasteiger charge is 2.41. The van der Waals surface area contributed by atoms with Gasteiger partial charge in [0.25, 0.3) is 0 Å². The maximum absolute atomic E-state index is 5.17. The Bertz CT molecular complexity index is 2010. The minimum absolute atomic E-state index is 0.107. The molecule has 0 aliphatic carbocycles. The average molecular weight is 443 g/mol. The highest BCUT2D eigenvalue weighted by atomic mass is 15.1. The zero-order chi connectivity index (χ0) is 22.7. The topological polar surface area (TPSA) is 22.8 Å². The molecule has 4 heterocycles. The number of rotatable bonds is 1. The van der Waals surface area contributed by atoms with Crippen molar-refractivity contribution < 1.29 is 0 Å². The second-order valence-corrected chi connectivity index (χ2v) is 9.58. The van der Waals surface area contributed by atoms with Crippen LogP contribution in [0.1, 0.15) is 0 Å². The summed E-state index contributed by atoms with van der Waals surface area (Å²) in [6, 6.07) is 39.6. The Hall–Kier alpha value is -4.57. The molecule has 0 saturated carbocycles. The fourth-order valence-corrected chi connectivity index (χ4v) is 6.62. The van der Waals surface area contributed by atoms with E-state index in [1.807, 2.05) is 0 Å². The van der Waals surface area contributed by atoms with Crippen molar-refractivity contribution in [3.63, 3.8) is 0 Å². The van der Waals surface area contributed by atoms with Gasteiger partial charge in [-0.3, -0.25) is 4.57 Å². The number of hydrogen-bond acceptors (Lipinski definition) is 1. The molecule has 2 aliphatic rings. The molecule has 7 aromatic rings. The molecule has 2 aromatic heterocycles. The van der Waals surface area contributed by atoms with Crippen LogP contribution in [0.15, 0.2) is 109 Å². The molecule has 0 amide bonds. The number of nitrogens with zero attached hydrogens (tertiary/aromatic N) is 3. The van der Waals surface area contributed by atoms with E-state index in [0.717, 1.165) is 16.9 Å². The smallest absolute Gasteiger partial charge is 0.333 e. The summed E-state index contributed by atoms with van der Waals surface area (Å²) < 4.78 is 4.98. The third-order valence-corrected chi connectivity index (χ3v) is 7.91. The van der Waals surface area contributed by atoms with Crippen LogP contribution in [0.3, 0.4) is 0 Å². The van der Waals surface area contributed by atoms with Crippen molar-refractivity contribution in [1.29, 1.82) is 0 Å². The lowest BCUT2D eigenvalue weighted by Crippen LogP contribution is -2.55. The molecular formula is C31H18BN3. The zero-order valence-corrected chi connectivity index (χ0v) is 18.8. The van der Waals surface area contributed by atoms with E-state index in [9.17, 15) is 0 Å². The van der Waals surface area contributed by atoms with Crippen LogP contribution in [0, 0.1) is 0 Å². The van der Waals surface area contributed by atoms with E-state index in [-0.39, 0.29) is 6.85 Å². The molecule has 160 valence electrons. The first-order chi connectivity index (χ1) is 17.4. The van der Waals surface area contributed by atoms with Crippen molar-refractivity contribution in [2.45, 2.75) is 0 Å². The minimum atomic E-state index is 0.107. The van der Waals surface area contributed by atoms with Gasteiger partial charge < -0.3 is 4.48 Å². The van der Waals surface area contributed by atoms with E-state index >= 15 is 0 Å². The van der Waals surface area contributed by atoms with Gasteiger partial charge in [-0.2, -0.15) is 0 Å². The van der Waals surface area contributed by atoms with Gasteiger partial charge in [0.1, 0.15) is 5.82 Å². The van der Waals surface area contributed by atoms with Crippen molar-refractivity contribution in [1.82, 2.24) is 14.0 Å². The highest BCUT2D eigenvalue weighted by molar-refractivity contribution is 6.90. The summed E-state index contributed by atoms with van der Waals surface area (Å²) in [6.07, 6.45) is 0. The predicted molar refractivity (Wildman–Crippen MR) is 145 cm³/mol. The predicted octanol–water partition coefficient (Wildman–Crippen LogP) is 5.75. The maximum atomic E-state index is 5.17. The number of imidazole rings is 1. The van der Waals surface area contributed by atoms with Crippen molar-refractivity contribution >= 4 is 50.6 Å². The summed E-state index contributed by atoms with van der Waals surface area (Å²) in [4.78, 5) is 5.17. The fourth-order valence-electron chi connectivity index (χ4n) is 6.62. The Labute approximate surface area is 202 Å². The molecule has 9 rings (SSSR count). The van der Waals surface area contributed by atoms with Crippen LogP contribution in [-0.4, -0.2) is 20.9 Å². The Morgan fingerprint density at radius 1 is 0.600 bits per heavy atom. The van der Waals surface area contributed by atoms with Gasteiger partial charge in [-0.05, 0) is 34.7 Å². The summed E-state index contributed by atoms with van der Waals surface area (Å²) in [7, 11) is 0. The van der Waals surface area contributed by atoms with Gasteiger partial charge in [0.05, 0.1) is 11.0 Å². The van der Waals surface area contributed by atoms with Gasteiger partial charge in [-0.15, -0.1) is 0 Å². The van der Waals surface area contributed by atoms with Crippen LogP contribution < -0.4 is 10.9 Å². The zero-order valence-electron chi connectivity index (χ0n) is 18.8. The molecule has 5 aromatic carbocycles. The molecule has 0 bridgehead atoms. The molecule has 4 heteroatoms. The molecule has 0 N–H and O–H groups in total. The Morgan fingerprint density at radius 3 is 2.31 bits per heavy atom. The van der Waals surface area contributed by atoms with Crippen molar-refractivity contribution in [3.8, 4) is 28.2 Å². The van der Waals surface area contributed by atoms with E-state index in [4.69, 9.17) is 4.98 Å². The van der Waals surface area contributed by atoms with Crippen LogP contribution in [-0.2, 0) is 0 Å². The standard InChI is InChI=1S/C31H18BN3/c1-2-9-19(10-3-1)31-33-25-16-8-15-24-30(25)34(31)27-18-7-12-21-23-14-6-13-22-20-11-4-5-17-26(20)35(29(22)23)32(24)28(21)27/h1-18H. The first-order valence-corrected chi connectivity index (χ1v) is 12.1. The van der Waals surface area contributed by atoms with E-state index in [1.54, 1.807) is 0 Å². The van der Waals surface area contributed by atoms with Gasteiger partial charge in [0, 0.05) is 38.6 Å². The van der Waals surface area contributed by atoms with Gasteiger partial charge in [-0.25, -0.2) is 4.98 Å². The maximum Gasteiger partial charge on any atom is 0.333 e. The monoisotopic (exact) mass is 443 g/mol. The Balaban J connectivity index is 1.52. The summed E-state index contributed by atoms with van der Waals surface area (Å²) in [5.41, 5.74) is 12.6. The second kappa shape index (κ2) is 6.11. The number of benzene rings is 5. The lowest BCUT2D eigenvalue weighted by molar-refractivity contribution is 1.10. The third-order valence-electron chi connectivity index (χ3n) is 7.91. The highest BCUT2D eigenvalue weighted by Crippen LogP contribution is 2.41. The van der Waals surface area contributed by atoms with Gasteiger partial charge in [0.15, 0.2) is 0 Å². The molecule has 0 spiro atoms. The van der Waals surface area contributed by atoms with Gasteiger partial charge in [-0.1, -0.05) is 91.0 Å². The molecule has 2 aliphatic heterocycles. The van der Waals surface area contributed by atoms with Gasteiger partial charge >= 0.3 is 6.85 Å². The van der Waals surface area contributed by atoms with Crippen LogP contribution in [0.5, 0.6) is 0 Å². The molecule has 0 saturated heterocycles. The molecule has 0 atom stereocenters. The molecular weight excluding hydrogens is 425 g/mol. The molecule has 35 heavy (non-hydrogen) atoms. The number of hydrogen-bond donors (Lipinski definition) is 0. The Morgan fingerprint density at radius 2 is 1.37 bits per heavy atom. The summed E-state index contributed by atoms with van der Waals surface area (Å²) in [5, 5.41) is 2.64. The molecule has 0 radical (unpaired) electrons. The second-order valence-electron chi connectivity index (χ2n) is 9.58. The van der Waals surface area contributed by atoms with Crippen LogP contribution in [0.4, 0.5) is 0 Å². The summed E-state index contributed by atoms with van der Waals surface area (Å²) in [6.45, 7) is 0.107. The van der Waals surface area contributed by atoms with E-state index in [1.165, 1.54) is 55.1 Å². The van der Waals surface area contributed by atoms with E-state index in [2.05, 4.69) is 118 Å². The van der Waals surface area contributed by atoms with Crippen molar-refractivity contribution in [3.05, 3.63) is 109 Å². The SMILES string of the molecule is c1ccc(-c2nc3cccc4c3n2-c2cccc3c2B4n2c4ccccc4c4cccc-3c42)cc1. The lowest BCUT2D eigenvalue weighted by Gasteiger charge is -2.33. The van der Waals surface area contributed by atoms with E-state index in [0.29, 0.717) is 0 Å². The Kier molecular flexibility index (Phi) is 3.11. The van der Waals surface area contributed by atoms with Crippen LogP contribution in [0.2, 0.25) is 0 Å². The number of para-hydroxylation sites is 3.